The number of nitriles is 1. The number of hydrogen-bond donors (Lipinski definition) is 0. The van der Waals surface area contributed by atoms with Crippen LogP contribution in [0, 0.1) is 24.1 Å². The second-order valence-electron chi connectivity index (χ2n) is 5.55. The molecule has 0 N–H and O–H groups in total. The van der Waals surface area contributed by atoms with Crippen LogP contribution in [0.15, 0.2) is 35.1 Å². The first kappa shape index (κ1) is 19.3. The average molecular weight is 358 g/mol. The Morgan fingerprint density at radius 3 is 2.77 bits per heavy atom. The normalized spacial score (nSPS) is 10.4. The number of methoxy groups -OCH3 is 1. The summed E-state index contributed by atoms with van der Waals surface area (Å²) in [5, 5.41) is 12.9. The Kier molecular flexibility index (Phi) is 6.58. The first-order valence-electron chi connectivity index (χ1n) is 8.00. The van der Waals surface area contributed by atoms with E-state index in [1.54, 1.807) is 13.0 Å². The molecule has 0 saturated heterocycles. The number of para-hydroxylation sites is 1. The molecule has 0 atom stereocenters. The highest BCUT2D eigenvalue weighted by Crippen LogP contribution is 2.13. The molecule has 0 unspecified atom stereocenters. The van der Waals surface area contributed by atoms with Gasteiger partial charge in [-0.05, 0) is 19.1 Å². The predicted octanol–water partition coefficient (Wildman–Crippen LogP) is 1.68. The van der Waals surface area contributed by atoms with Crippen molar-refractivity contribution < 1.29 is 13.9 Å². The van der Waals surface area contributed by atoms with Gasteiger partial charge in [-0.3, -0.25) is 9.59 Å². The number of aryl methyl sites for hydroxylation is 1. The third-order valence-electron chi connectivity index (χ3n) is 3.74. The maximum absolute atomic E-state index is 14.1. The van der Waals surface area contributed by atoms with E-state index in [0.717, 1.165) is 0 Å². The first-order valence-corrected chi connectivity index (χ1v) is 8.00. The Balaban J connectivity index is 2.46. The van der Waals surface area contributed by atoms with E-state index in [9.17, 15) is 14.0 Å². The van der Waals surface area contributed by atoms with Crippen molar-refractivity contribution >= 4 is 5.91 Å². The number of aromatic nitrogens is 2. The molecule has 26 heavy (non-hydrogen) atoms. The largest absolute Gasteiger partial charge is 0.383 e. The molecule has 0 spiro atoms. The predicted molar refractivity (Wildman–Crippen MR) is 92.5 cm³/mol. The van der Waals surface area contributed by atoms with E-state index in [1.807, 2.05) is 6.07 Å². The van der Waals surface area contributed by atoms with Crippen molar-refractivity contribution in [3.63, 3.8) is 0 Å². The SMILES string of the molecule is COCCN(CCC#N)C(=O)c1nn(-c2ccccc2F)c(C)cc1=O. The number of nitrogens with zero attached hydrogens (tertiary/aromatic N) is 4. The third kappa shape index (κ3) is 4.32. The van der Waals surface area contributed by atoms with Crippen LogP contribution >= 0.6 is 0 Å². The van der Waals surface area contributed by atoms with E-state index >= 15 is 0 Å². The fraction of sp³-hybridized carbons (Fsp3) is 0.333. The summed E-state index contributed by atoms with van der Waals surface area (Å²) in [6.45, 7) is 2.22. The molecule has 0 saturated carbocycles. The Bertz CT molecular complexity index is 889. The summed E-state index contributed by atoms with van der Waals surface area (Å²) in [6.07, 6.45) is 0.114. The number of carbonyl (C=O) groups excluding carboxylic acids is 1. The van der Waals surface area contributed by atoms with Gasteiger partial charge in [-0.1, -0.05) is 12.1 Å². The van der Waals surface area contributed by atoms with E-state index < -0.39 is 17.2 Å². The minimum atomic E-state index is -0.618. The van der Waals surface area contributed by atoms with Gasteiger partial charge >= 0.3 is 0 Å². The maximum atomic E-state index is 14.1. The van der Waals surface area contributed by atoms with Gasteiger partial charge in [0.2, 0.25) is 5.43 Å². The van der Waals surface area contributed by atoms with Gasteiger partial charge < -0.3 is 9.64 Å². The second-order valence-corrected chi connectivity index (χ2v) is 5.55. The molecule has 2 rings (SSSR count). The highest BCUT2D eigenvalue weighted by molar-refractivity contribution is 5.92. The number of halogens is 1. The van der Waals surface area contributed by atoms with Crippen LogP contribution in [0.1, 0.15) is 22.6 Å². The summed E-state index contributed by atoms with van der Waals surface area (Å²) in [5.74, 6) is -1.14. The molecule has 1 aromatic carbocycles. The van der Waals surface area contributed by atoms with Crippen molar-refractivity contribution in [2.45, 2.75) is 13.3 Å². The molecule has 0 aliphatic rings. The standard InChI is InChI=1S/C18H19FN4O3/c1-13-12-16(24)17(18(25)22(9-5-8-20)10-11-26-2)21-23(13)15-7-4-3-6-14(15)19/h3-4,6-7,12H,5,9-11H2,1-2H3. The first-order chi connectivity index (χ1) is 12.5. The van der Waals surface area contributed by atoms with Gasteiger partial charge in [0.05, 0.1) is 19.1 Å². The minimum absolute atomic E-state index is 0.114. The molecule has 136 valence electrons. The number of benzene rings is 1. The van der Waals surface area contributed by atoms with Gasteiger partial charge in [-0.2, -0.15) is 10.4 Å². The fourth-order valence-electron chi connectivity index (χ4n) is 2.41. The van der Waals surface area contributed by atoms with Crippen LogP contribution in [-0.2, 0) is 4.74 Å². The zero-order chi connectivity index (χ0) is 19.1. The summed E-state index contributed by atoms with van der Waals surface area (Å²) in [7, 11) is 1.49. The molecule has 0 aliphatic heterocycles. The molecule has 2 aromatic rings. The number of carbonyl (C=O) groups is 1. The van der Waals surface area contributed by atoms with Crippen molar-refractivity contribution in [2.24, 2.45) is 0 Å². The molecule has 1 amide bonds. The van der Waals surface area contributed by atoms with Crippen molar-refractivity contribution in [3.8, 4) is 11.8 Å². The third-order valence-corrected chi connectivity index (χ3v) is 3.74. The molecule has 0 aliphatic carbocycles. The van der Waals surface area contributed by atoms with Crippen molar-refractivity contribution in [2.75, 3.05) is 26.8 Å². The van der Waals surface area contributed by atoms with Crippen LogP contribution in [0.3, 0.4) is 0 Å². The molecule has 8 heteroatoms. The summed E-state index contributed by atoms with van der Waals surface area (Å²) in [6, 6.07) is 9.16. The van der Waals surface area contributed by atoms with Crippen LogP contribution in [0.2, 0.25) is 0 Å². The van der Waals surface area contributed by atoms with Crippen molar-refractivity contribution in [1.82, 2.24) is 14.7 Å². The quantitative estimate of drug-likeness (QED) is 0.751. The lowest BCUT2D eigenvalue weighted by molar-refractivity contribution is 0.0690. The van der Waals surface area contributed by atoms with Gasteiger partial charge in [-0.25, -0.2) is 9.07 Å². The number of rotatable bonds is 7. The van der Waals surface area contributed by atoms with Crippen molar-refractivity contribution in [3.05, 3.63) is 57.8 Å². The lowest BCUT2D eigenvalue weighted by atomic mass is 10.2. The molecular weight excluding hydrogens is 339 g/mol. The average Bonchev–Trinajstić information content (AvgIpc) is 2.62. The zero-order valence-corrected chi connectivity index (χ0v) is 14.6. The summed E-state index contributed by atoms with van der Waals surface area (Å²) in [5.41, 5.74) is -0.344. The smallest absolute Gasteiger partial charge is 0.278 e. The molecule has 0 radical (unpaired) electrons. The van der Waals surface area contributed by atoms with Gasteiger partial charge in [0, 0.05) is 32.0 Å². The van der Waals surface area contributed by atoms with Gasteiger partial charge in [-0.15, -0.1) is 0 Å². The van der Waals surface area contributed by atoms with Crippen LogP contribution in [0.25, 0.3) is 5.69 Å². The molecule has 0 bridgehead atoms. The number of ether oxygens (including phenoxy) is 1. The van der Waals surface area contributed by atoms with E-state index in [4.69, 9.17) is 10.00 Å². The number of amides is 1. The van der Waals surface area contributed by atoms with Crippen LogP contribution in [0.5, 0.6) is 0 Å². The lowest BCUT2D eigenvalue weighted by Gasteiger charge is -2.21. The van der Waals surface area contributed by atoms with Crippen molar-refractivity contribution in [1.29, 1.82) is 5.26 Å². The highest BCUT2D eigenvalue weighted by Gasteiger charge is 2.22. The summed E-state index contributed by atoms with van der Waals surface area (Å²) < 4.78 is 20.3. The zero-order valence-electron chi connectivity index (χ0n) is 14.6. The topological polar surface area (TPSA) is 88.2 Å². The van der Waals surface area contributed by atoms with E-state index in [0.29, 0.717) is 5.69 Å². The fourth-order valence-corrected chi connectivity index (χ4v) is 2.41. The second kappa shape index (κ2) is 8.87. The summed E-state index contributed by atoms with van der Waals surface area (Å²) >= 11 is 0. The van der Waals surface area contributed by atoms with E-state index in [2.05, 4.69) is 5.10 Å². The van der Waals surface area contributed by atoms with Crippen LogP contribution < -0.4 is 5.43 Å². The summed E-state index contributed by atoms with van der Waals surface area (Å²) in [4.78, 5) is 26.4. The van der Waals surface area contributed by atoms with E-state index in [1.165, 1.54) is 41.0 Å². The van der Waals surface area contributed by atoms with Gasteiger partial charge in [0.25, 0.3) is 5.91 Å². The molecule has 7 nitrogen and oxygen atoms in total. The molecule has 1 aromatic heterocycles. The molecular formula is C18H19FN4O3. The lowest BCUT2D eigenvalue weighted by Crippen LogP contribution is -2.38. The molecule has 1 heterocycles. The number of hydrogen-bond acceptors (Lipinski definition) is 5. The molecule has 0 fully saturated rings. The van der Waals surface area contributed by atoms with Gasteiger partial charge in [0.15, 0.2) is 5.69 Å². The Hall–Kier alpha value is -3.05. The van der Waals surface area contributed by atoms with Gasteiger partial charge in [0.1, 0.15) is 11.5 Å². The maximum Gasteiger partial charge on any atom is 0.278 e. The van der Waals surface area contributed by atoms with Crippen LogP contribution in [0.4, 0.5) is 4.39 Å². The highest BCUT2D eigenvalue weighted by atomic mass is 19.1. The monoisotopic (exact) mass is 358 g/mol. The van der Waals surface area contributed by atoms with E-state index in [-0.39, 0.29) is 37.5 Å². The Morgan fingerprint density at radius 1 is 1.38 bits per heavy atom. The van der Waals surface area contributed by atoms with Crippen LogP contribution in [-0.4, -0.2) is 47.4 Å². The minimum Gasteiger partial charge on any atom is -0.383 e. The Labute approximate surface area is 150 Å². The Morgan fingerprint density at radius 2 is 2.12 bits per heavy atom.